The minimum absolute atomic E-state index is 0.772. The zero-order valence-corrected chi connectivity index (χ0v) is 19.6. The van der Waals surface area contributed by atoms with Crippen LogP contribution in [0.5, 0.6) is 0 Å². The van der Waals surface area contributed by atoms with Crippen LogP contribution >= 0.6 is 0 Å². The van der Waals surface area contributed by atoms with E-state index in [4.69, 9.17) is 35.4 Å². The molecule has 0 bridgehead atoms. The van der Waals surface area contributed by atoms with Gasteiger partial charge < -0.3 is 26.4 Å². The molecule has 37 heavy (non-hydrogen) atoms. The third kappa shape index (κ3) is 17.7. The lowest BCUT2D eigenvalue weighted by Gasteiger charge is -2.44. The summed E-state index contributed by atoms with van der Waals surface area (Å²) in [7, 11) is 0. The van der Waals surface area contributed by atoms with Gasteiger partial charge >= 0.3 is 36.4 Å². The van der Waals surface area contributed by atoms with Crippen molar-refractivity contribution in [1.82, 2.24) is 10.2 Å². The molecule has 2 fully saturated rings. The van der Waals surface area contributed by atoms with Crippen molar-refractivity contribution in [2.24, 2.45) is 11.7 Å². The summed E-state index contributed by atoms with van der Waals surface area (Å²) < 4.78 is 95.2. The van der Waals surface area contributed by atoms with E-state index < -0.39 is 36.4 Å². The Morgan fingerprint density at radius 3 is 1.43 bits per heavy atom. The van der Waals surface area contributed by atoms with E-state index in [9.17, 15) is 39.5 Å². The van der Waals surface area contributed by atoms with E-state index in [-0.39, 0.29) is 0 Å². The molecule has 0 aromatic carbocycles. The lowest BCUT2D eigenvalue weighted by molar-refractivity contribution is -0.193. The number of hydrogen-bond donors (Lipinski definition) is 5. The number of piperidine rings is 2. The number of carboxylic acids is 3. The maximum atomic E-state index is 10.6. The minimum atomic E-state index is -5.08. The summed E-state index contributed by atoms with van der Waals surface area (Å²) in [6, 6.07) is 1.61. The smallest absolute Gasteiger partial charge is 0.475 e. The number of carbonyl (C=O) groups is 3. The van der Waals surface area contributed by atoms with E-state index in [1.54, 1.807) is 0 Å². The van der Waals surface area contributed by atoms with Crippen molar-refractivity contribution in [3.8, 4) is 0 Å². The number of carboxylic acid groups (broad SMARTS) is 3. The van der Waals surface area contributed by atoms with Crippen molar-refractivity contribution < 1.29 is 69.2 Å². The van der Waals surface area contributed by atoms with Gasteiger partial charge in [0.1, 0.15) is 0 Å². The topological polar surface area (TPSA) is 153 Å². The molecule has 0 radical (unpaired) electrons. The number of aliphatic carboxylic acids is 3. The second-order valence-electron chi connectivity index (χ2n) is 7.94. The van der Waals surface area contributed by atoms with Crippen molar-refractivity contribution in [3.63, 3.8) is 0 Å². The summed E-state index contributed by atoms with van der Waals surface area (Å²) in [6.07, 6.45) is -8.62. The minimum Gasteiger partial charge on any atom is -0.475 e. The van der Waals surface area contributed by atoms with Crippen molar-refractivity contribution in [2.45, 2.75) is 69.6 Å². The fourth-order valence-corrected chi connectivity index (χ4v) is 3.47. The SMILES string of the molecule is C[C@@H]1CC(CCN)CCN1C1CCNCC1.O=C(O)C(F)(F)F.O=C(O)C(F)(F)F.O=C(O)C(F)(F)F. The number of nitrogens with two attached hydrogens (primary N) is 1. The highest BCUT2D eigenvalue weighted by atomic mass is 19.4. The number of rotatable bonds is 3. The molecule has 0 aliphatic carbocycles. The molecule has 9 nitrogen and oxygen atoms in total. The molecule has 0 aromatic heterocycles. The molecule has 2 atom stereocenters. The molecule has 2 rings (SSSR count). The van der Waals surface area contributed by atoms with Crippen LogP contribution in [0.1, 0.15) is 39.0 Å². The highest BCUT2D eigenvalue weighted by Gasteiger charge is 2.39. The highest BCUT2D eigenvalue weighted by Crippen LogP contribution is 2.28. The first-order valence-electron chi connectivity index (χ1n) is 10.7. The van der Waals surface area contributed by atoms with E-state index >= 15 is 0 Å². The van der Waals surface area contributed by atoms with Crippen molar-refractivity contribution in [3.05, 3.63) is 0 Å². The van der Waals surface area contributed by atoms with Crippen LogP contribution < -0.4 is 11.1 Å². The lowest BCUT2D eigenvalue weighted by Crippen LogP contribution is -2.50. The van der Waals surface area contributed by atoms with E-state index in [0.29, 0.717) is 0 Å². The molecule has 0 amide bonds. The lowest BCUT2D eigenvalue weighted by atomic mass is 9.87. The normalized spacial score (nSPS) is 21.2. The standard InChI is InChI=1S/C13H27N3.3C2HF3O2/c1-11-10-12(2-6-14)5-9-16(11)13-3-7-15-8-4-13;3*3-2(4,5)1(6)7/h11-13,15H,2-10,14H2,1H3;3*(H,6,7)/t11-,12?;;;/m1.../s1. The first kappa shape index (κ1) is 36.8. The van der Waals surface area contributed by atoms with Gasteiger partial charge in [0.05, 0.1) is 0 Å². The van der Waals surface area contributed by atoms with E-state index in [1.807, 2.05) is 0 Å². The molecule has 2 heterocycles. The van der Waals surface area contributed by atoms with Gasteiger partial charge in [-0.1, -0.05) is 0 Å². The first-order chi connectivity index (χ1) is 16.6. The van der Waals surface area contributed by atoms with Crippen LogP contribution in [-0.2, 0) is 14.4 Å². The van der Waals surface area contributed by atoms with Gasteiger partial charge in [0, 0.05) is 12.1 Å². The summed E-state index contributed by atoms with van der Waals surface area (Å²) in [5.41, 5.74) is 5.66. The number of hydrogen-bond acceptors (Lipinski definition) is 6. The Morgan fingerprint density at radius 1 is 0.811 bits per heavy atom. The fraction of sp³-hybridized carbons (Fsp3) is 0.842. The van der Waals surface area contributed by atoms with Gasteiger partial charge in [0.15, 0.2) is 0 Å². The molecule has 220 valence electrons. The molecule has 2 aliphatic heterocycles. The molecule has 1 unspecified atom stereocenters. The average Bonchev–Trinajstić information content (AvgIpc) is 2.74. The summed E-state index contributed by atoms with van der Waals surface area (Å²) >= 11 is 0. The van der Waals surface area contributed by atoms with Crippen LogP contribution in [0.3, 0.4) is 0 Å². The Bertz CT molecular complexity index is 639. The van der Waals surface area contributed by atoms with Crippen molar-refractivity contribution >= 4 is 17.9 Å². The molecule has 0 aromatic rings. The van der Waals surface area contributed by atoms with Crippen molar-refractivity contribution in [2.75, 3.05) is 26.2 Å². The number of halogens is 9. The zero-order valence-electron chi connectivity index (χ0n) is 19.6. The van der Waals surface area contributed by atoms with Gasteiger partial charge in [-0.3, -0.25) is 4.90 Å². The Kier molecular flexibility index (Phi) is 16.4. The number of nitrogens with one attached hydrogen (secondary N) is 1. The molecular formula is C19H30F9N3O6. The summed E-state index contributed by atoms with van der Waals surface area (Å²) in [5.74, 6) is -7.38. The van der Waals surface area contributed by atoms with E-state index in [2.05, 4.69) is 17.1 Å². The molecule has 2 aliphatic rings. The zero-order chi connectivity index (χ0) is 29.6. The Balaban J connectivity index is 0. The summed E-state index contributed by atoms with van der Waals surface area (Å²) in [4.78, 5) is 29.4. The monoisotopic (exact) mass is 567 g/mol. The third-order valence-corrected chi connectivity index (χ3v) is 5.12. The quantitative estimate of drug-likeness (QED) is 0.324. The predicted molar refractivity (Wildman–Crippen MR) is 110 cm³/mol. The second-order valence-corrected chi connectivity index (χ2v) is 7.94. The van der Waals surface area contributed by atoms with Gasteiger partial charge in [-0.15, -0.1) is 0 Å². The fourth-order valence-electron chi connectivity index (χ4n) is 3.47. The van der Waals surface area contributed by atoms with Crippen LogP contribution in [0.4, 0.5) is 39.5 Å². The molecule has 18 heteroatoms. The summed E-state index contributed by atoms with van der Waals surface area (Å²) in [5, 5.41) is 24.8. The van der Waals surface area contributed by atoms with Gasteiger partial charge in [0.2, 0.25) is 0 Å². The van der Waals surface area contributed by atoms with Crippen LogP contribution in [0, 0.1) is 5.92 Å². The third-order valence-electron chi connectivity index (χ3n) is 5.12. The number of nitrogens with zero attached hydrogens (tertiary/aromatic N) is 1. The number of likely N-dealkylation sites (tertiary alicyclic amines) is 1. The molecule has 0 saturated carbocycles. The van der Waals surface area contributed by atoms with E-state index in [1.165, 1.54) is 51.7 Å². The highest BCUT2D eigenvalue weighted by molar-refractivity contribution is 5.73. The van der Waals surface area contributed by atoms with Gasteiger partial charge in [-0.25, -0.2) is 14.4 Å². The Morgan fingerprint density at radius 2 is 1.16 bits per heavy atom. The Hall–Kier alpha value is -2.34. The first-order valence-corrected chi connectivity index (χ1v) is 10.7. The number of alkyl halides is 9. The van der Waals surface area contributed by atoms with Crippen LogP contribution in [0.15, 0.2) is 0 Å². The van der Waals surface area contributed by atoms with Gasteiger partial charge in [-0.2, -0.15) is 39.5 Å². The largest absolute Gasteiger partial charge is 0.490 e. The van der Waals surface area contributed by atoms with E-state index in [0.717, 1.165) is 24.5 Å². The second kappa shape index (κ2) is 16.5. The molecule has 6 N–H and O–H groups in total. The van der Waals surface area contributed by atoms with Gasteiger partial charge in [-0.05, 0) is 71.1 Å². The van der Waals surface area contributed by atoms with Crippen LogP contribution in [0.2, 0.25) is 0 Å². The summed E-state index contributed by atoms with van der Waals surface area (Å²) in [6.45, 7) is 6.99. The predicted octanol–water partition coefficient (Wildman–Crippen LogP) is 3.09. The maximum Gasteiger partial charge on any atom is 0.490 e. The van der Waals surface area contributed by atoms with Gasteiger partial charge in [0.25, 0.3) is 0 Å². The van der Waals surface area contributed by atoms with Crippen LogP contribution in [0.25, 0.3) is 0 Å². The van der Waals surface area contributed by atoms with Crippen molar-refractivity contribution in [1.29, 1.82) is 0 Å². The molecule has 2 saturated heterocycles. The average molecular weight is 567 g/mol. The van der Waals surface area contributed by atoms with Crippen LogP contribution in [-0.4, -0.2) is 94.9 Å². The molecular weight excluding hydrogens is 537 g/mol. The molecule has 0 spiro atoms. The Labute approximate surface area is 205 Å². The maximum absolute atomic E-state index is 10.6.